The average Bonchev–Trinajstić information content (AvgIpc) is 2.15. The Hall–Kier alpha value is -0.380. The predicted molar refractivity (Wildman–Crippen MR) is 67.6 cm³/mol. The van der Waals surface area contributed by atoms with Gasteiger partial charge in [0.1, 0.15) is 0 Å². The van der Waals surface area contributed by atoms with E-state index in [-0.39, 0.29) is 0 Å². The van der Waals surface area contributed by atoms with Crippen molar-refractivity contribution < 1.29 is 0 Å². The summed E-state index contributed by atoms with van der Waals surface area (Å²) in [5, 5.41) is 4.04. The zero-order chi connectivity index (χ0) is 10.7. The van der Waals surface area contributed by atoms with E-state index in [1.165, 1.54) is 19.5 Å². The first-order chi connectivity index (χ1) is 7.25. The molecule has 0 bridgehead atoms. The van der Waals surface area contributed by atoms with Crippen LogP contribution in [0.4, 0.5) is 5.69 Å². The fourth-order valence-corrected chi connectivity index (χ4v) is 2.87. The first-order valence-corrected chi connectivity index (χ1v) is 6.50. The van der Waals surface area contributed by atoms with Gasteiger partial charge >= 0.3 is 0 Å². The molecule has 0 saturated carbocycles. The maximum atomic E-state index is 5.92. The van der Waals surface area contributed by atoms with Crippen molar-refractivity contribution in [2.75, 3.05) is 24.6 Å². The minimum absolute atomic E-state index is 0.761. The second-order valence-corrected chi connectivity index (χ2v) is 5.42. The molecule has 1 aliphatic rings. The van der Waals surface area contributed by atoms with Crippen molar-refractivity contribution in [2.24, 2.45) is 5.92 Å². The molecule has 1 saturated heterocycles. The molecule has 0 unspecified atom stereocenters. The monoisotopic (exact) mass is 242 g/mol. The molecule has 1 fully saturated rings. The van der Waals surface area contributed by atoms with Crippen molar-refractivity contribution in [3.05, 3.63) is 23.2 Å². The lowest BCUT2D eigenvalue weighted by Crippen LogP contribution is -2.42. The molecule has 1 heterocycles. The second-order valence-electron chi connectivity index (χ2n) is 3.84. The van der Waals surface area contributed by atoms with Crippen LogP contribution in [0.2, 0.25) is 5.02 Å². The molecule has 1 aromatic carbocycles. The van der Waals surface area contributed by atoms with Gasteiger partial charge < -0.3 is 11.1 Å². The Kier molecular flexibility index (Phi) is 3.78. The van der Waals surface area contributed by atoms with Crippen LogP contribution in [-0.2, 0) is 0 Å². The van der Waals surface area contributed by atoms with Crippen molar-refractivity contribution >= 4 is 29.1 Å². The molecule has 2 nitrogen and oxygen atoms in total. The van der Waals surface area contributed by atoms with Gasteiger partial charge in [-0.1, -0.05) is 11.6 Å². The van der Waals surface area contributed by atoms with E-state index in [2.05, 4.69) is 5.32 Å². The van der Waals surface area contributed by atoms with Crippen LogP contribution < -0.4 is 11.1 Å². The normalized spacial score (nSPS) is 16.3. The third-order valence-corrected chi connectivity index (χ3v) is 3.96. The Morgan fingerprint density at radius 1 is 1.47 bits per heavy atom. The summed E-state index contributed by atoms with van der Waals surface area (Å²) < 4.78 is 0. The number of halogens is 1. The molecule has 0 atom stereocenters. The number of anilines is 1. The van der Waals surface area contributed by atoms with Crippen molar-refractivity contribution in [3.63, 3.8) is 0 Å². The zero-order valence-electron chi connectivity index (χ0n) is 8.50. The van der Waals surface area contributed by atoms with Crippen LogP contribution in [0.25, 0.3) is 0 Å². The average molecular weight is 243 g/mol. The summed E-state index contributed by atoms with van der Waals surface area (Å²) in [6, 6.07) is 5.65. The molecule has 1 aliphatic heterocycles. The molecule has 1 aromatic rings. The number of thioether (sulfide) groups is 1. The Labute approximate surface area is 99.6 Å². The maximum absolute atomic E-state index is 5.92. The standard InChI is InChI=1S/C11H15ClN2S/c12-9-1-2-10(13)11(5-9)15-4-3-8-6-14-7-8/h1-2,5,8,14H,3-4,6-7,13H2. The molecule has 0 radical (unpaired) electrons. The number of nitrogens with two attached hydrogens (primary N) is 1. The third-order valence-electron chi connectivity index (χ3n) is 2.63. The molecular formula is C11H15ClN2S. The van der Waals surface area contributed by atoms with Gasteiger partial charge in [-0.15, -0.1) is 11.8 Å². The molecule has 2 rings (SSSR count). The van der Waals surface area contributed by atoms with Gasteiger partial charge in [0, 0.05) is 15.6 Å². The first kappa shape index (κ1) is 11.1. The van der Waals surface area contributed by atoms with Gasteiger partial charge in [0.05, 0.1) is 0 Å². The third kappa shape index (κ3) is 3.03. The van der Waals surface area contributed by atoms with Gasteiger partial charge in [0.25, 0.3) is 0 Å². The van der Waals surface area contributed by atoms with E-state index in [9.17, 15) is 0 Å². The Morgan fingerprint density at radius 3 is 2.93 bits per heavy atom. The molecule has 0 amide bonds. The molecule has 15 heavy (non-hydrogen) atoms. The summed E-state index contributed by atoms with van der Waals surface area (Å²) in [6.45, 7) is 2.34. The van der Waals surface area contributed by atoms with Crippen LogP contribution in [0, 0.1) is 5.92 Å². The lowest BCUT2D eigenvalue weighted by Gasteiger charge is -2.26. The van der Waals surface area contributed by atoms with E-state index in [1.807, 2.05) is 18.2 Å². The van der Waals surface area contributed by atoms with E-state index in [0.717, 1.165) is 27.3 Å². The second kappa shape index (κ2) is 5.10. The van der Waals surface area contributed by atoms with Gasteiger partial charge in [0.15, 0.2) is 0 Å². The van der Waals surface area contributed by atoms with Crippen LogP contribution in [-0.4, -0.2) is 18.8 Å². The fourth-order valence-electron chi connectivity index (χ4n) is 1.52. The quantitative estimate of drug-likeness (QED) is 0.630. The van der Waals surface area contributed by atoms with Crippen molar-refractivity contribution in [2.45, 2.75) is 11.3 Å². The minimum Gasteiger partial charge on any atom is -0.398 e. The van der Waals surface area contributed by atoms with E-state index in [0.29, 0.717) is 0 Å². The van der Waals surface area contributed by atoms with Crippen LogP contribution >= 0.6 is 23.4 Å². The number of hydrogen-bond donors (Lipinski definition) is 2. The van der Waals surface area contributed by atoms with Crippen LogP contribution in [0.3, 0.4) is 0 Å². The molecule has 4 heteroatoms. The smallest absolute Gasteiger partial charge is 0.0453 e. The molecule has 3 N–H and O–H groups in total. The van der Waals surface area contributed by atoms with Gasteiger partial charge in [-0.05, 0) is 49.4 Å². The van der Waals surface area contributed by atoms with E-state index < -0.39 is 0 Å². The topological polar surface area (TPSA) is 38.0 Å². The molecule has 0 aromatic heterocycles. The highest BCUT2D eigenvalue weighted by atomic mass is 35.5. The summed E-state index contributed by atoms with van der Waals surface area (Å²) in [5.41, 5.74) is 6.69. The van der Waals surface area contributed by atoms with Crippen LogP contribution in [0.15, 0.2) is 23.1 Å². The highest BCUT2D eigenvalue weighted by Crippen LogP contribution is 2.29. The van der Waals surface area contributed by atoms with Gasteiger partial charge in [-0.25, -0.2) is 0 Å². The zero-order valence-corrected chi connectivity index (χ0v) is 10.1. The Morgan fingerprint density at radius 2 is 2.27 bits per heavy atom. The van der Waals surface area contributed by atoms with Gasteiger partial charge in [0.2, 0.25) is 0 Å². The van der Waals surface area contributed by atoms with E-state index in [4.69, 9.17) is 17.3 Å². The number of hydrogen-bond acceptors (Lipinski definition) is 3. The summed E-state index contributed by atoms with van der Waals surface area (Å²) in [5.74, 6) is 1.98. The van der Waals surface area contributed by atoms with Crippen molar-refractivity contribution in [1.29, 1.82) is 0 Å². The highest BCUT2D eigenvalue weighted by molar-refractivity contribution is 7.99. The summed E-state index contributed by atoms with van der Waals surface area (Å²) in [7, 11) is 0. The van der Waals surface area contributed by atoms with E-state index in [1.54, 1.807) is 11.8 Å². The molecule has 0 aliphatic carbocycles. The summed E-state index contributed by atoms with van der Waals surface area (Å²) >= 11 is 7.72. The number of nitrogens with one attached hydrogen (secondary N) is 1. The minimum atomic E-state index is 0.761. The summed E-state index contributed by atoms with van der Waals surface area (Å²) in [6.07, 6.45) is 1.25. The maximum Gasteiger partial charge on any atom is 0.0453 e. The summed E-state index contributed by atoms with van der Waals surface area (Å²) in [4.78, 5) is 1.11. The van der Waals surface area contributed by atoms with E-state index >= 15 is 0 Å². The van der Waals surface area contributed by atoms with Crippen molar-refractivity contribution in [3.8, 4) is 0 Å². The predicted octanol–water partition coefficient (Wildman–Crippen LogP) is 2.62. The number of nitrogen functional groups attached to an aromatic ring is 1. The molecule has 82 valence electrons. The lowest BCUT2D eigenvalue weighted by atomic mass is 10.0. The number of benzene rings is 1. The van der Waals surface area contributed by atoms with Gasteiger partial charge in [-0.2, -0.15) is 0 Å². The van der Waals surface area contributed by atoms with Gasteiger partial charge in [-0.3, -0.25) is 0 Å². The number of rotatable bonds is 4. The van der Waals surface area contributed by atoms with Crippen molar-refractivity contribution in [1.82, 2.24) is 5.32 Å². The molecular weight excluding hydrogens is 228 g/mol. The largest absolute Gasteiger partial charge is 0.398 e. The fraction of sp³-hybridized carbons (Fsp3) is 0.455. The Bertz CT molecular complexity index is 339. The van der Waals surface area contributed by atoms with Crippen LogP contribution in [0.5, 0.6) is 0 Å². The SMILES string of the molecule is Nc1ccc(Cl)cc1SCCC1CNC1. The Balaban J connectivity index is 1.83. The van der Waals surface area contributed by atoms with Crippen LogP contribution in [0.1, 0.15) is 6.42 Å². The first-order valence-electron chi connectivity index (χ1n) is 5.14. The molecule has 0 spiro atoms. The lowest BCUT2D eigenvalue weighted by molar-refractivity contribution is 0.341. The highest BCUT2D eigenvalue weighted by Gasteiger charge is 2.15.